The maximum Gasteiger partial charge on any atom is 0.163 e. The third-order valence-corrected chi connectivity index (χ3v) is 6.49. The first kappa shape index (κ1) is 21.1. The molecule has 2 heteroatoms. The molecule has 28 heavy (non-hydrogen) atoms. The molecule has 0 amide bonds. The van der Waals surface area contributed by atoms with Gasteiger partial charge < -0.3 is 0 Å². The van der Waals surface area contributed by atoms with Crippen LogP contribution in [0.5, 0.6) is 0 Å². The number of hydrogen-bond acceptors (Lipinski definition) is 1. The highest BCUT2D eigenvalue weighted by Gasteiger charge is 2.23. The molecule has 0 radical (unpaired) electrons. The quantitative estimate of drug-likeness (QED) is 0.313. The van der Waals surface area contributed by atoms with Gasteiger partial charge in [0.1, 0.15) is 0 Å². The fourth-order valence-electron chi connectivity index (χ4n) is 4.47. The lowest BCUT2D eigenvalue weighted by Crippen LogP contribution is -2.17. The molecule has 0 aliphatic heterocycles. The van der Waals surface area contributed by atoms with Gasteiger partial charge >= 0.3 is 0 Å². The number of carbonyl (C=O) groups excluding carboxylic acids is 1. The van der Waals surface area contributed by atoms with Crippen molar-refractivity contribution in [3.05, 3.63) is 59.7 Å². The molecule has 2 aromatic rings. The van der Waals surface area contributed by atoms with Gasteiger partial charge in [0.25, 0.3) is 0 Å². The zero-order chi connectivity index (χ0) is 19.8. The van der Waals surface area contributed by atoms with Gasteiger partial charge in [-0.1, -0.05) is 74.7 Å². The third-order valence-electron chi connectivity index (χ3n) is 6.22. The molecule has 1 fully saturated rings. The minimum absolute atomic E-state index is 0.300. The van der Waals surface area contributed by atoms with Crippen LogP contribution in [0.1, 0.15) is 74.2 Å². The minimum atomic E-state index is 0.300. The van der Waals surface area contributed by atoms with Gasteiger partial charge in [-0.05, 0) is 60.6 Å². The zero-order valence-corrected chi connectivity index (χ0v) is 17.9. The summed E-state index contributed by atoms with van der Waals surface area (Å²) in [6.45, 7) is 2.21. The molecule has 0 atom stereocenters. The highest BCUT2D eigenvalue weighted by Crippen LogP contribution is 2.34. The Labute approximate surface area is 175 Å². The van der Waals surface area contributed by atoms with E-state index in [4.69, 9.17) is 11.6 Å². The molecular formula is C26H33ClO. The maximum absolute atomic E-state index is 12.7. The second kappa shape index (κ2) is 10.8. The summed E-state index contributed by atoms with van der Waals surface area (Å²) in [5.74, 6) is 2.46. The Balaban J connectivity index is 1.52. The second-order valence-electron chi connectivity index (χ2n) is 8.37. The van der Waals surface area contributed by atoms with Crippen LogP contribution < -0.4 is 0 Å². The van der Waals surface area contributed by atoms with E-state index in [1.807, 2.05) is 12.1 Å². The minimum Gasteiger partial charge on any atom is -0.294 e. The maximum atomic E-state index is 12.7. The molecule has 0 bridgehead atoms. The lowest BCUT2D eigenvalue weighted by atomic mass is 9.78. The summed E-state index contributed by atoms with van der Waals surface area (Å²) in [6.07, 6.45) is 10.3. The van der Waals surface area contributed by atoms with Crippen LogP contribution in [-0.4, -0.2) is 11.7 Å². The van der Waals surface area contributed by atoms with Crippen LogP contribution in [0, 0.1) is 11.8 Å². The number of alkyl halides is 1. The molecule has 1 nitrogen and oxygen atoms in total. The lowest BCUT2D eigenvalue weighted by Gasteiger charge is -2.28. The topological polar surface area (TPSA) is 17.1 Å². The number of rotatable bonds is 9. The van der Waals surface area contributed by atoms with Gasteiger partial charge in [-0.15, -0.1) is 11.6 Å². The molecule has 150 valence electrons. The van der Waals surface area contributed by atoms with Crippen LogP contribution >= 0.6 is 11.6 Å². The van der Waals surface area contributed by atoms with Crippen LogP contribution in [0.4, 0.5) is 0 Å². The molecule has 0 heterocycles. The summed E-state index contributed by atoms with van der Waals surface area (Å²) >= 11 is 5.81. The molecule has 0 spiro atoms. The Morgan fingerprint density at radius 1 is 0.893 bits per heavy atom. The Morgan fingerprint density at radius 2 is 1.46 bits per heavy atom. The van der Waals surface area contributed by atoms with E-state index in [0.717, 1.165) is 30.2 Å². The molecular weight excluding hydrogens is 364 g/mol. The van der Waals surface area contributed by atoms with Gasteiger partial charge in [-0.3, -0.25) is 4.79 Å². The van der Waals surface area contributed by atoms with Crippen molar-refractivity contribution in [3.8, 4) is 11.1 Å². The van der Waals surface area contributed by atoms with Gasteiger partial charge in [0.05, 0.1) is 0 Å². The van der Waals surface area contributed by atoms with Crippen molar-refractivity contribution in [3.63, 3.8) is 0 Å². The van der Waals surface area contributed by atoms with Gasteiger partial charge in [0, 0.05) is 17.9 Å². The average molecular weight is 397 g/mol. The number of benzene rings is 2. The van der Waals surface area contributed by atoms with Gasteiger partial charge in [-0.25, -0.2) is 0 Å². The molecule has 2 aromatic carbocycles. The Hall–Kier alpha value is -1.60. The number of carbonyl (C=O) groups is 1. The van der Waals surface area contributed by atoms with Crippen molar-refractivity contribution in [1.82, 2.24) is 0 Å². The van der Waals surface area contributed by atoms with E-state index in [1.54, 1.807) is 0 Å². The molecule has 1 aliphatic rings. The first-order valence-electron chi connectivity index (χ1n) is 11.0. The van der Waals surface area contributed by atoms with Gasteiger partial charge in [0.15, 0.2) is 5.78 Å². The summed E-state index contributed by atoms with van der Waals surface area (Å²) in [4.78, 5) is 12.7. The van der Waals surface area contributed by atoms with Crippen LogP contribution in [0.15, 0.2) is 48.5 Å². The normalized spacial score (nSPS) is 19.5. The Kier molecular flexibility index (Phi) is 8.15. The predicted octanol–water partition coefficient (Wildman–Crippen LogP) is 7.70. The molecule has 1 aliphatic carbocycles. The van der Waals surface area contributed by atoms with Crippen molar-refractivity contribution in [2.75, 3.05) is 5.88 Å². The van der Waals surface area contributed by atoms with Crippen molar-refractivity contribution in [1.29, 1.82) is 0 Å². The molecule has 0 aromatic heterocycles. The van der Waals surface area contributed by atoms with Crippen molar-refractivity contribution >= 4 is 17.4 Å². The molecule has 3 rings (SSSR count). The van der Waals surface area contributed by atoms with E-state index in [1.165, 1.54) is 55.2 Å². The number of aryl methyl sites for hydroxylation is 1. The van der Waals surface area contributed by atoms with Crippen LogP contribution in [0.2, 0.25) is 0 Å². The van der Waals surface area contributed by atoms with Crippen molar-refractivity contribution in [2.24, 2.45) is 11.8 Å². The molecule has 0 N–H and O–H groups in total. The molecule has 0 saturated heterocycles. The monoisotopic (exact) mass is 396 g/mol. The largest absolute Gasteiger partial charge is 0.294 e. The van der Waals surface area contributed by atoms with Gasteiger partial charge in [0.2, 0.25) is 0 Å². The number of hydrogen-bond donors (Lipinski definition) is 0. The Bertz CT molecular complexity index is 724. The Morgan fingerprint density at radius 3 is 2.04 bits per heavy atom. The van der Waals surface area contributed by atoms with E-state index in [0.29, 0.717) is 18.1 Å². The molecule has 0 unspecified atom stereocenters. The summed E-state index contributed by atoms with van der Waals surface area (Å²) in [5, 5.41) is 0. The second-order valence-corrected chi connectivity index (χ2v) is 8.75. The summed E-state index contributed by atoms with van der Waals surface area (Å²) in [5.41, 5.74) is 4.64. The summed E-state index contributed by atoms with van der Waals surface area (Å²) < 4.78 is 0. The summed E-state index contributed by atoms with van der Waals surface area (Å²) in [6, 6.07) is 17.0. The van der Waals surface area contributed by atoms with E-state index >= 15 is 0 Å². The van der Waals surface area contributed by atoms with Crippen molar-refractivity contribution < 1.29 is 4.79 Å². The fraction of sp³-hybridized carbons (Fsp3) is 0.500. The molecule has 1 saturated carbocycles. The smallest absolute Gasteiger partial charge is 0.163 e. The van der Waals surface area contributed by atoms with Crippen LogP contribution in [0.3, 0.4) is 0 Å². The fourth-order valence-corrected chi connectivity index (χ4v) is 4.63. The predicted molar refractivity (Wildman–Crippen MR) is 120 cm³/mol. The number of halogens is 1. The standard InChI is InChI=1S/C26H33ClO/c1-2-4-20-10-12-23(13-11-20)24-14-16-25(17-15-24)26(28)19-22-8-6-21(7-9-22)5-3-18-27/h10-17,21-22H,2-9,18-19H2,1H3. The third kappa shape index (κ3) is 5.95. The highest BCUT2D eigenvalue weighted by atomic mass is 35.5. The number of Topliss-reactive ketones (excluding diaryl/α,β-unsaturated/α-hetero) is 1. The van der Waals surface area contributed by atoms with Crippen LogP contribution in [-0.2, 0) is 6.42 Å². The zero-order valence-electron chi connectivity index (χ0n) is 17.1. The van der Waals surface area contributed by atoms with E-state index < -0.39 is 0 Å². The average Bonchev–Trinajstić information content (AvgIpc) is 2.74. The SMILES string of the molecule is CCCc1ccc(-c2ccc(C(=O)CC3CCC(CCCCl)CC3)cc2)cc1. The lowest BCUT2D eigenvalue weighted by molar-refractivity contribution is 0.0942. The number of ketones is 1. The summed E-state index contributed by atoms with van der Waals surface area (Å²) in [7, 11) is 0. The van der Waals surface area contributed by atoms with E-state index in [9.17, 15) is 4.79 Å². The van der Waals surface area contributed by atoms with Gasteiger partial charge in [-0.2, -0.15) is 0 Å². The van der Waals surface area contributed by atoms with E-state index in [-0.39, 0.29) is 0 Å². The first-order chi connectivity index (χ1) is 13.7. The van der Waals surface area contributed by atoms with Crippen LogP contribution in [0.25, 0.3) is 11.1 Å². The van der Waals surface area contributed by atoms with E-state index in [2.05, 4.69) is 43.3 Å². The van der Waals surface area contributed by atoms with Crippen molar-refractivity contribution in [2.45, 2.75) is 64.7 Å². The highest BCUT2D eigenvalue weighted by molar-refractivity contribution is 6.17. The first-order valence-corrected chi connectivity index (χ1v) is 11.5.